The number of nitrogens with one attached hydrogen (secondary N) is 2. The molecule has 2 N–H and O–H groups in total. The molecule has 59 valence electrons. The van der Waals surface area contributed by atoms with Crippen molar-refractivity contribution in [3.63, 3.8) is 0 Å². The van der Waals surface area contributed by atoms with Crippen molar-refractivity contribution in [1.29, 1.82) is 0 Å². The van der Waals surface area contributed by atoms with Crippen molar-refractivity contribution in [1.82, 2.24) is 15.0 Å². The van der Waals surface area contributed by atoms with Gasteiger partial charge in [0, 0.05) is 0 Å². The number of hydrogen-bond acceptors (Lipinski definition) is 3. The summed E-state index contributed by atoms with van der Waals surface area (Å²) < 4.78 is 0. The molecule has 2 aromatic rings. The summed E-state index contributed by atoms with van der Waals surface area (Å²) in [4.78, 5) is 20.8. The first-order valence-electron chi connectivity index (χ1n) is 3.33. The Morgan fingerprint density at radius 2 is 2.42 bits per heavy atom. The second-order valence-electron chi connectivity index (χ2n) is 2.20. The molecule has 1 amide bonds. The van der Waals surface area contributed by atoms with Gasteiger partial charge in [-0.2, -0.15) is 0 Å². The molecule has 0 aliphatic carbocycles. The van der Waals surface area contributed by atoms with Gasteiger partial charge in [0.05, 0.1) is 11.8 Å². The topological polar surface area (TPSA) is 70.7 Å². The Labute approximate surface area is 67.8 Å². The molecule has 0 aliphatic rings. The summed E-state index contributed by atoms with van der Waals surface area (Å²) >= 11 is 0. The van der Waals surface area contributed by atoms with Crippen LogP contribution in [0, 0.1) is 0 Å². The van der Waals surface area contributed by atoms with Gasteiger partial charge in [-0.05, 0) is 12.1 Å². The summed E-state index contributed by atoms with van der Waals surface area (Å²) in [6, 6.07) is 3.46. The molecule has 2 aromatic heterocycles. The Hall–Kier alpha value is -1.91. The van der Waals surface area contributed by atoms with Gasteiger partial charge >= 0.3 is 6.41 Å². The number of pyridine rings is 1. The third kappa shape index (κ3) is 1.01. The number of amides is 1. The predicted octanol–water partition coefficient (Wildman–Crippen LogP) is 0.437. The van der Waals surface area contributed by atoms with E-state index in [9.17, 15) is 4.79 Å². The SMILES string of the molecule is O=[C]Nc1ccc2[nH]cnc2n1. The first-order valence-corrected chi connectivity index (χ1v) is 3.33. The normalized spacial score (nSPS) is 10.0. The maximum atomic E-state index is 9.94. The monoisotopic (exact) mass is 161 g/mol. The van der Waals surface area contributed by atoms with Gasteiger partial charge in [-0.3, -0.25) is 4.79 Å². The summed E-state index contributed by atoms with van der Waals surface area (Å²) in [5, 5.41) is 2.32. The van der Waals surface area contributed by atoms with E-state index in [2.05, 4.69) is 20.3 Å². The third-order valence-corrected chi connectivity index (χ3v) is 1.46. The molecule has 0 spiro atoms. The van der Waals surface area contributed by atoms with Crippen molar-refractivity contribution < 1.29 is 4.79 Å². The molecule has 0 saturated carbocycles. The molecule has 2 heterocycles. The largest absolute Gasteiger partial charge is 0.343 e. The predicted molar refractivity (Wildman–Crippen MR) is 43.2 cm³/mol. The van der Waals surface area contributed by atoms with Crippen LogP contribution in [0.4, 0.5) is 5.82 Å². The van der Waals surface area contributed by atoms with E-state index in [1.165, 1.54) is 0 Å². The highest BCUT2D eigenvalue weighted by Crippen LogP contribution is 2.09. The van der Waals surface area contributed by atoms with E-state index in [4.69, 9.17) is 0 Å². The average Bonchev–Trinajstić information content (AvgIpc) is 2.51. The average molecular weight is 161 g/mol. The van der Waals surface area contributed by atoms with Crippen molar-refractivity contribution in [2.45, 2.75) is 0 Å². The minimum atomic E-state index is 0.449. The van der Waals surface area contributed by atoms with Gasteiger partial charge in [0.2, 0.25) is 0 Å². The molecule has 0 unspecified atom stereocenters. The molecular formula is C7H5N4O. The van der Waals surface area contributed by atoms with Gasteiger partial charge in [0.1, 0.15) is 5.82 Å². The van der Waals surface area contributed by atoms with Crippen molar-refractivity contribution >= 4 is 23.4 Å². The van der Waals surface area contributed by atoms with Crippen LogP contribution in [0.3, 0.4) is 0 Å². The van der Waals surface area contributed by atoms with E-state index in [0.29, 0.717) is 11.5 Å². The summed E-state index contributed by atoms with van der Waals surface area (Å²) in [5.74, 6) is 0.449. The lowest BCUT2D eigenvalue weighted by Crippen LogP contribution is -1.95. The fraction of sp³-hybridized carbons (Fsp3) is 0. The number of imidazole rings is 1. The number of aromatic amines is 1. The Balaban J connectivity index is 2.52. The van der Waals surface area contributed by atoms with Crippen molar-refractivity contribution in [2.75, 3.05) is 5.32 Å². The molecule has 0 bridgehead atoms. The van der Waals surface area contributed by atoms with E-state index in [1.54, 1.807) is 24.9 Å². The molecule has 0 fully saturated rings. The van der Waals surface area contributed by atoms with Crippen LogP contribution >= 0.6 is 0 Å². The standard InChI is InChI=1S/C7H5N4O/c12-4-10-6-2-1-5-7(11-6)9-3-8-5/h1-3H,(H2,8,9,10,11,12). The zero-order chi connectivity index (χ0) is 8.39. The molecule has 5 heteroatoms. The lowest BCUT2D eigenvalue weighted by molar-refractivity contribution is 0.561. The van der Waals surface area contributed by atoms with Gasteiger partial charge in [0.15, 0.2) is 5.65 Å². The van der Waals surface area contributed by atoms with Crippen molar-refractivity contribution in [3.8, 4) is 0 Å². The van der Waals surface area contributed by atoms with Gasteiger partial charge in [-0.25, -0.2) is 9.97 Å². The summed E-state index contributed by atoms with van der Waals surface area (Å²) in [6.45, 7) is 0. The van der Waals surface area contributed by atoms with Crippen LogP contribution in [-0.2, 0) is 4.79 Å². The van der Waals surface area contributed by atoms with E-state index in [0.717, 1.165) is 5.52 Å². The fourth-order valence-electron chi connectivity index (χ4n) is 0.944. The summed E-state index contributed by atoms with van der Waals surface area (Å²) in [7, 11) is 0. The maximum Gasteiger partial charge on any atom is 0.315 e. The number of H-pyrrole nitrogens is 1. The highest BCUT2D eigenvalue weighted by Gasteiger charge is 1.98. The van der Waals surface area contributed by atoms with Crippen LogP contribution in [0.1, 0.15) is 0 Å². The first-order chi connectivity index (χ1) is 5.90. The number of hydrogen-bond donors (Lipinski definition) is 2. The molecular weight excluding hydrogens is 156 g/mol. The number of fused-ring (bicyclic) bond motifs is 1. The molecule has 0 atom stereocenters. The molecule has 0 aromatic carbocycles. The van der Waals surface area contributed by atoms with Gasteiger partial charge < -0.3 is 10.3 Å². The number of rotatable bonds is 2. The molecule has 1 radical (unpaired) electrons. The van der Waals surface area contributed by atoms with E-state index in [-0.39, 0.29) is 0 Å². The number of anilines is 1. The van der Waals surface area contributed by atoms with Gasteiger partial charge in [-0.15, -0.1) is 0 Å². The minimum Gasteiger partial charge on any atom is -0.343 e. The highest BCUT2D eigenvalue weighted by molar-refractivity contribution is 5.76. The molecule has 12 heavy (non-hydrogen) atoms. The Morgan fingerprint density at radius 1 is 1.50 bits per heavy atom. The van der Waals surface area contributed by atoms with E-state index >= 15 is 0 Å². The van der Waals surface area contributed by atoms with Gasteiger partial charge in [-0.1, -0.05) is 0 Å². The van der Waals surface area contributed by atoms with Crippen LogP contribution in [0.25, 0.3) is 11.2 Å². The second-order valence-corrected chi connectivity index (χ2v) is 2.20. The Morgan fingerprint density at radius 3 is 3.25 bits per heavy atom. The number of nitrogens with zero attached hydrogens (tertiary/aromatic N) is 2. The molecule has 0 saturated heterocycles. The van der Waals surface area contributed by atoms with E-state index < -0.39 is 0 Å². The van der Waals surface area contributed by atoms with Crippen LogP contribution in [-0.4, -0.2) is 21.4 Å². The minimum absolute atomic E-state index is 0.449. The van der Waals surface area contributed by atoms with Crippen LogP contribution < -0.4 is 5.32 Å². The van der Waals surface area contributed by atoms with E-state index in [1.807, 2.05) is 0 Å². The Bertz CT molecular complexity index is 408. The quantitative estimate of drug-likeness (QED) is 0.627. The lowest BCUT2D eigenvalue weighted by Gasteiger charge is -1.93. The zero-order valence-electron chi connectivity index (χ0n) is 6.03. The lowest BCUT2D eigenvalue weighted by atomic mass is 10.4. The number of carbonyl (C=O) groups excluding carboxylic acids is 1. The second kappa shape index (κ2) is 2.61. The van der Waals surface area contributed by atoms with Crippen molar-refractivity contribution in [2.24, 2.45) is 0 Å². The molecule has 0 aliphatic heterocycles. The fourth-order valence-corrected chi connectivity index (χ4v) is 0.944. The summed E-state index contributed by atoms with van der Waals surface area (Å²) in [5.41, 5.74) is 1.42. The zero-order valence-corrected chi connectivity index (χ0v) is 6.03. The third-order valence-electron chi connectivity index (χ3n) is 1.46. The number of aromatic nitrogens is 3. The molecule has 5 nitrogen and oxygen atoms in total. The first kappa shape index (κ1) is 6.78. The van der Waals surface area contributed by atoms with Crippen molar-refractivity contribution in [3.05, 3.63) is 18.5 Å². The van der Waals surface area contributed by atoms with Gasteiger partial charge in [0.25, 0.3) is 0 Å². The van der Waals surface area contributed by atoms with Crippen LogP contribution in [0.15, 0.2) is 18.5 Å². The smallest absolute Gasteiger partial charge is 0.315 e. The summed E-state index contributed by atoms with van der Waals surface area (Å²) in [6.07, 6.45) is 3.09. The van der Waals surface area contributed by atoms with Crippen LogP contribution in [0.5, 0.6) is 0 Å². The Kier molecular flexibility index (Phi) is 1.48. The molecule has 2 rings (SSSR count). The highest BCUT2D eigenvalue weighted by atomic mass is 16.1. The maximum absolute atomic E-state index is 9.94. The van der Waals surface area contributed by atoms with Crippen LogP contribution in [0.2, 0.25) is 0 Å².